The molecule has 1 aliphatic heterocycles. The van der Waals surface area contributed by atoms with Gasteiger partial charge in [-0.25, -0.2) is 4.79 Å². The van der Waals surface area contributed by atoms with E-state index in [1.807, 2.05) is 6.92 Å². The van der Waals surface area contributed by atoms with Gasteiger partial charge >= 0.3 is 6.09 Å². The van der Waals surface area contributed by atoms with Gasteiger partial charge in [-0.05, 0) is 37.6 Å². The number of hydrogen-bond donors (Lipinski definition) is 2. The Hall–Kier alpha value is -1.75. The summed E-state index contributed by atoms with van der Waals surface area (Å²) in [5.74, 6) is 0.215. The Labute approximate surface area is 106 Å². The van der Waals surface area contributed by atoms with Crippen LogP contribution in [-0.4, -0.2) is 34.8 Å². The van der Waals surface area contributed by atoms with Crippen molar-refractivity contribution in [1.82, 2.24) is 4.90 Å². The van der Waals surface area contributed by atoms with Crippen LogP contribution in [0.1, 0.15) is 18.9 Å². The van der Waals surface area contributed by atoms with Crippen LogP contribution in [0.3, 0.4) is 0 Å². The first kappa shape index (κ1) is 12.7. The Morgan fingerprint density at radius 3 is 2.72 bits per heavy atom. The molecule has 1 amide bonds. The number of aromatic hydroxyl groups is 1. The standard InChI is InChI=1S/C13H18N2O3/c1-13(6-7-14)9-18-12(17)15(13)8-10-2-4-11(16)5-3-10/h2-5,16H,6-9,14H2,1H3. The minimum absolute atomic E-state index is 0.215. The van der Waals surface area contributed by atoms with Crippen LogP contribution >= 0.6 is 0 Å². The summed E-state index contributed by atoms with van der Waals surface area (Å²) < 4.78 is 5.11. The first-order chi connectivity index (χ1) is 8.55. The molecule has 0 aromatic heterocycles. The molecule has 0 radical (unpaired) electrons. The highest BCUT2D eigenvalue weighted by Crippen LogP contribution is 2.29. The maximum absolute atomic E-state index is 11.7. The van der Waals surface area contributed by atoms with E-state index in [1.54, 1.807) is 29.2 Å². The van der Waals surface area contributed by atoms with Gasteiger partial charge in [0.2, 0.25) is 0 Å². The molecule has 1 fully saturated rings. The third-order valence-corrected chi connectivity index (χ3v) is 3.34. The molecule has 0 saturated carbocycles. The number of nitrogens with two attached hydrogens (primary N) is 1. The number of hydrogen-bond acceptors (Lipinski definition) is 4. The number of phenols is 1. The van der Waals surface area contributed by atoms with E-state index in [1.165, 1.54) is 0 Å². The van der Waals surface area contributed by atoms with Crippen molar-refractivity contribution >= 4 is 6.09 Å². The Morgan fingerprint density at radius 1 is 1.44 bits per heavy atom. The van der Waals surface area contributed by atoms with Crippen molar-refractivity contribution in [3.8, 4) is 5.75 Å². The van der Waals surface area contributed by atoms with Gasteiger partial charge in [-0.15, -0.1) is 0 Å². The summed E-state index contributed by atoms with van der Waals surface area (Å²) in [6, 6.07) is 6.81. The minimum atomic E-state index is -0.344. The SMILES string of the molecule is CC1(CCN)COC(=O)N1Cc1ccc(O)cc1. The second kappa shape index (κ2) is 4.86. The van der Waals surface area contributed by atoms with Crippen LogP contribution in [0.4, 0.5) is 4.79 Å². The number of rotatable bonds is 4. The summed E-state index contributed by atoms with van der Waals surface area (Å²) in [6.07, 6.45) is 0.399. The van der Waals surface area contributed by atoms with E-state index in [-0.39, 0.29) is 17.4 Å². The molecule has 0 aliphatic carbocycles. The number of ether oxygens (including phenoxy) is 1. The van der Waals surface area contributed by atoms with Crippen molar-refractivity contribution in [1.29, 1.82) is 0 Å². The zero-order valence-corrected chi connectivity index (χ0v) is 10.4. The van der Waals surface area contributed by atoms with E-state index < -0.39 is 0 Å². The lowest BCUT2D eigenvalue weighted by Gasteiger charge is -2.31. The van der Waals surface area contributed by atoms with Gasteiger partial charge in [0, 0.05) is 6.54 Å². The van der Waals surface area contributed by atoms with Crippen molar-refractivity contribution in [2.45, 2.75) is 25.4 Å². The Morgan fingerprint density at radius 2 is 2.11 bits per heavy atom. The van der Waals surface area contributed by atoms with E-state index in [0.717, 1.165) is 5.56 Å². The molecule has 1 aromatic carbocycles. The first-order valence-corrected chi connectivity index (χ1v) is 5.97. The fourth-order valence-electron chi connectivity index (χ4n) is 2.15. The largest absolute Gasteiger partial charge is 0.508 e. The average molecular weight is 250 g/mol. The van der Waals surface area contributed by atoms with Gasteiger partial charge in [0.1, 0.15) is 12.4 Å². The number of cyclic esters (lactones) is 1. The summed E-state index contributed by atoms with van der Waals surface area (Å²) >= 11 is 0. The molecule has 1 unspecified atom stereocenters. The van der Waals surface area contributed by atoms with Gasteiger partial charge in [-0.1, -0.05) is 12.1 Å². The van der Waals surface area contributed by atoms with Crippen molar-refractivity contribution in [2.24, 2.45) is 5.73 Å². The van der Waals surface area contributed by atoms with Crippen molar-refractivity contribution in [2.75, 3.05) is 13.2 Å². The lowest BCUT2D eigenvalue weighted by Crippen LogP contribution is -2.45. The van der Waals surface area contributed by atoms with Crippen LogP contribution in [0.5, 0.6) is 5.75 Å². The van der Waals surface area contributed by atoms with Gasteiger partial charge in [0.15, 0.2) is 0 Å². The quantitative estimate of drug-likeness (QED) is 0.848. The Bertz CT molecular complexity index is 432. The van der Waals surface area contributed by atoms with Gasteiger partial charge in [-0.3, -0.25) is 4.90 Å². The van der Waals surface area contributed by atoms with Crippen LogP contribution < -0.4 is 5.73 Å². The molecular formula is C13H18N2O3. The van der Waals surface area contributed by atoms with Crippen molar-refractivity contribution in [3.63, 3.8) is 0 Å². The smallest absolute Gasteiger partial charge is 0.410 e. The molecule has 1 heterocycles. The summed E-state index contributed by atoms with van der Waals surface area (Å²) in [5, 5.41) is 9.23. The fraction of sp³-hybridized carbons (Fsp3) is 0.462. The summed E-state index contributed by atoms with van der Waals surface area (Å²) in [4.78, 5) is 13.5. The Balaban J connectivity index is 2.15. The molecule has 0 spiro atoms. The number of phenolic OH excluding ortho intramolecular Hbond substituents is 1. The topological polar surface area (TPSA) is 75.8 Å². The zero-order valence-electron chi connectivity index (χ0n) is 10.4. The van der Waals surface area contributed by atoms with Crippen LogP contribution in [-0.2, 0) is 11.3 Å². The highest BCUT2D eigenvalue weighted by Gasteiger charge is 2.42. The summed E-state index contributed by atoms with van der Waals surface area (Å²) in [6.45, 7) is 3.33. The van der Waals surface area contributed by atoms with Crippen LogP contribution in [0, 0.1) is 0 Å². The predicted molar refractivity (Wildman–Crippen MR) is 67.1 cm³/mol. The van der Waals surface area contributed by atoms with Crippen LogP contribution in [0.25, 0.3) is 0 Å². The van der Waals surface area contributed by atoms with Crippen LogP contribution in [0.15, 0.2) is 24.3 Å². The number of benzene rings is 1. The van der Waals surface area contributed by atoms with E-state index in [9.17, 15) is 9.90 Å². The normalized spacial score (nSPS) is 23.2. The molecule has 1 atom stereocenters. The molecule has 5 heteroatoms. The van der Waals surface area contributed by atoms with Crippen LogP contribution in [0.2, 0.25) is 0 Å². The van der Waals surface area contributed by atoms with Gasteiger partial charge in [0.05, 0.1) is 5.54 Å². The molecule has 3 N–H and O–H groups in total. The summed E-state index contributed by atoms with van der Waals surface area (Å²) in [7, 11) is 0. The third kappa shape index (κ3) is 2.41. The average Bonchev–Trinajstić information content (AvgIpc) is 2.61. The monoisotopic (exact) mass is 250 g/mol. The number of nitrogens with zero attached hydrogens (tertiary/aromatic N) is 1. The maximum atomic E-state index is 11.7. The lowest BCUT2D eigenvalue weighted by atomic mass is 9.97. The molecule has 1 aliphatic rings. The fourth-order valence-corrected chi connectivity index (χ4v) is 2.15. The Kier molecular flexibility index (Phi) is 3.43. The van der Waals surface area contributed by atoms with Gasteiger partial charge < -0.3 is 15.6 Å². The molecule has 1 saturated heterocycles. The maximum Gasteiger partial charge on any atom is 0.410 e. The first-order valence-electron chi connectivity index (χ1n) is 5.97. The second-order valence-corrected chi connectivity index (χ2v) is 4.84. The third-order valence-electron chi connectivity index (χ3n) is 3.34. The molecule has 98 valence electrons. The van der Waals surface area contributed by atoms with Crippen molar-refractivity contribution < 1.29 is 14.6 Å². The van der Waals surface area contributed by atoms with E-state index in [4.69, 9.17) is 10.5 Å². The van der Waals surface area contributed by atoms with E-state index >= 15 is 0 Å². The second-order valence-electron chi connectivity index (χ2n) is 4.84. The predicted octanol–water partition coefficient (Wildman–Crippen LogP) is 1.45. The number of carbonyl (C=O) groups excluding carboxylic acids is 1. The molecule has 18 heavy (non-hydrogen) atoms. The molecule has 2 rings (SSSR count). The highest BCUT2D eigenvalue weighted by atomic mass is 16.6. The number of carbonyl (C=O) groups is 1. The molecular weight excluding hydrogens is 232 g/mol. The van der Waals surface area contributed by atoms with Crippen molar-refractivity contribution in [3.05, 3.63) is 29.8 Å². The highest BCUT2D eigenvalue weighted by molar-refractivity contribution is 5.71. The number of amides is 1. The van der Waals surface area contributed by atoms with Gasteiger partial charge in [-0.2, -0.15) is 0 Å². The zero-order chi connectivity index (χ0) is 13.2. The molecule has 5 nitrogen and oxygen atoms in total. The molecule has 1 aromatic rings. The molecule has 0 bridgehead atoms. The lowest BCUT2D eigenvalue weighted by molar-refractivity contribution is 0.148. The summed E-state index contributed by atoms with van der Waals surface area (Å²) in [5.41, 5.74) is 6.20. The van der Waals surface area contributed by atoms with Gasteiger partial charge in [0.25, 0.3) is 0 Å². The van der Waals surface area contributed by atoms with E-state index in [0.29, 0.717) is 26.1 Å². The minimum Gasteiger partial charge on any atom is -0.508 e. The van der Waals surface area contributed by atoms with E-state index in [2.05, 4.69) is 0 Å².